The van der Waals surface area contributed by atoms with E-state index in [9.17, 15) is 9.50 Å². The summed E-state index contributed by atoms with van der Waals surface area (Å²) in [7, 11) is 0. The van der Waals surface area contributed by atoms with Gasteiger partial charge >= 0.3 is 0 Å². The van der Waals surface area contributed by atoms with Crippen molar-refractivity contribution in [3.63, 3.8) is 0 Å². The molecule has 3 nitrogen and oxygen atoms in total. The van der Waals surface area contributed by atoms with Crippen molar-refractivity contribution in [2.75, 3.05) is 13.2 Å². The summed E-state index contributed by atoms with van der Waals surface area (Å²) >= 11 is 1.65. The number of halogens is 1. The highest BCUT2D eigenvalue weighted by atomic mass is 32.1. The minimum atomic E-state index is -0.622. The van der Waals surface area contributed by atoms with E-state index in [1.807, 2.05) is 36.6 Å². The van der Waals surface area contributed by atoms with Crippen molar-refractivity contribution < 1.29 is 14.2 Å². The Balaban J connectivity index is 1.61. The fourth-order valence-electron chi connectivity index (χ4n) is 2.93. The average Bonchev–Trinajstić information content (AvgIpc) is 3.16. The van der Waals surface area contributed by atoms with Crippen LogP contribution in [0.3, 0.4) is 0 Å². The second kappa shape index (κ2) is 9.65. The van der Waals surface area contributed by atoms with Crippen molar-refractivity contribution in [2.24, 2.45) is 0 Å². The number of ether oxygens (including phenoxy) is 1. The van der Waals surface area contributed by atoms with Crippen molar-refractivity contribution in [1.82, 2.24) is 4.90 Å². The molecule has 0 fully saturated rings. The van der Waals surface area contributed by atoms with Crippen LogP contribution in [-0.2, 0) is 13.1 Å². The fraction of sp³-hybridized carbons (Fsp3) is 0.273. The summed E-state index contributed by atoms with van der Waals surface area (Å²) in [6, 6.07) is 16.4. The number of hydrogen-bond acceptors (Lipinski definition) is 4. The number of rotatable bonds is 9. The van der Waals surface area contributed by atoms with Crippen molar-refractivity contribution >= 4 is 11.3 Å². The zero-order valence-electron chi connectivity index (χ0n) is 15.3. The standard InChI is InChI=1S/C22H24FNO2S/c1-17-4-2-3-5-22(17)26-15-21(25)14-24(13-19-10-11-27-16-19)12-18-6-8-20(23)9-7-18/h2-11,16,21,25H,12-15H2,1H3/t21-/m0/s1. The molecule has 2 aromatic carbocycles. The van der Waals surface area contributed by atoms with Crippen molar-refractivity contribution in [3.05, 3.63) is 87.9 Å². The maximum absolute atomic E-state index is 13.2. The summed E-state index contributed by atoms with van der Waals surface area (Å²) in [4.78, 5) is 2.15. The van der Waals surface area contributed by atoms with E-state index in [0.29, 0.717) is 13.1 Å². The molecule has 5 heteroatoms. The van der Waals surface area contributed by atoms with Crippen LogP contribution in [0.2, 0.25) is 0 Å². The van der Waals surface area contributed by atoms with Crippen LogP contribution in [0.15, 0.2) is 65.4 Å². The van der Waals surface area contributed by atoms with Gasteiger partial charge in [-0.3, -0.25) is 4.90 Å². The Morgan fingerprint density at radius 1 is 1.04 bits per heavy atom. The molecule has 1 atom stereocenters. The Hall–Kier alpha value is -2.21. The van der Waals surface area contributed by atoms with Crippen molar-refractivity contribution in [3.8, 4) is 5.75 Å². The Labute approximate surface area is 163 Å². The van der Waals surface area contributed by atoms with Gasteiger partial charge in [0.05, 0.1) is 0 Å². The first-order valence-corrected chi connectivity index (χ1v) is 9.89. The highest BCUT2D eigenvalue weighted by Crippen LogP contribution is 2.17. The lowest BCUT2D eigenvalue weighted by molar-refractivity contribution is 0.0626. The van der Waals surface area contributed by atoms with E-state index in [1.165, 1.54) is 17.7 Å². The minimum absolute atomic E-state index is 0.231. The van der Waals surface area contributed by atoms with E-state index in [4.69, 9.17) is 4.74 Å². The van der Waals surface area contributed by atoms with Gasteiger partial charge in [0.25, 0.3) is 0 Å². The third kappa shape index (κ3) is 6.17. The van der Waals surface area contributed by atoms with Crippen LogP contribution in [0, 0.1) is 12.7 Å². The van der Waals surface area contributed by atoms with Crippen LogP contribution in [0.4, 0.5) is 4.39 Å². The quantitative estimate of drug-likeness (QED) is 0.583. The molecule has 0 aliphatic carbocycles. The molecule has 142 valence electrons. The van der Waals surface area contributed by atoms with Crippen LogP contribution in [-0.4, -0.2) is 29.3 Å². The number of para-hydroxylation sites is 1. The van der Waals surface area contributed by atoms with Crippen molar-refractivity contribution in [2.45, 2.75) is 26.1 Å². The molecule has 0 amide bonds. The second-order valence-electron chi connectivity index (χ2n) is 6.66. The van der Waals surface area contributed by atoms with E-state index in [1.54, 1.807) is 23.5 Å². The molecule has 1 aromatic heterocycles. The fourth-order valence-corrected chi connectivity index (χ4v) is 3.59. The van der Waals surface area contributed by atoms with Gasteiger partial charge in [-0.15, -0.1) is 0 Å². The molecule has 0 spiro atoms. The van der Waals surface area contributed by atoms with Gasteiger partial charge in [0.15, 0.2) is 0 Å². The molecule has 0 saturated heterocycles. The summed E-state index contributed by atoms with van der Waals surface area (Å²) in [5, 5.41) is 14.6. The molecular formula is C22H24FNO2S. The van der Waals surface area contributed by atoms with E-state index in [0.717, 1.165) is 23.4 Å². The highest BCUT2D eigenvalue weighted by Gasteiger charge is 2.15. The molecule has 1 heterocycles. The lowest BCUT2D eigenvalue weighted by Gasteiger charge is -2.25. The Morgan fingerprint density at radius 3 is 2.48 bits per heavy atom. The molecule has 0 aliphatic rings. The van der Waals surface area contributed by atoms with Crippen LogP contribution in [0.1, 0.15) is 16.7 Å². The van der Waals surface area contributed by atoms with Gasteiger partial charge in [0.2, 0.25) is 0 Å². The molecule has 0 bridgehead atoms. The summed E-state index contributed by atoms with van der Waals surface area (Å²) in [6.07, 6.45) is -0.622. The molecule has 0 unspecified atom stereocenters. The zero-order chi connectivity index (χ0) is 19.1. The molecule has 1 N–H and O–H groups in total. The highest BCUT2D eigenvalue weighted by molar-refractivity contribution is 7.07. The molecule has 27 heavy (non-hydrogen) atoms. The lowest BCUT2D eigenvalue weighted by Crippen LogP contribution is -2.35. The average molecular weight is 386 g/mol. The van der Waals surface area contributed by atoms with Gasteiger partial charge in [-0.2, -0.15) is 11.3 Å². The predicted molar refractivity (Wildman–Crippen MR) is 108 cm³/mol. The number of nitrogens with zero attached hydrogens (tertiary/aromatic N) is 1. The Bertz CT molecular complexity index is 821. The second-order valence-corrected chi connectivity index (χ2v) is 7.44. The van der Waals surface area contributed by atoms with Gasteiger partial charge in [-0.05, 0) is 58.6 Å². The lowest BCUT2D eigenvalue weighted by atomic mass is 10.2. The number of thiophene rings is 1. The number of aryl methyl sites for hydroxylation is 1. The summed E-state index contributed by atoms with van der Waals surface area (Å²) in [5.74, 6) is 0.550. The van der Waals surface area contributed by atoms with Gasteiger partial charge in [0.1, 0.15) is 24.3 Å². The molecule has 0 saturated carbocycles. The van der Waals surface area contributed by atoms with Gasteiger partial charge in [-0.1, -0.05) is 30.3 Å². The van der Waals surface area contributed by atoms with Gasteiger partial charge in [0, 0.05) is 19.6 Å². The van der Waals surface area contributed by atoms with Crippen LogP contribution < -0.4 is 4.74 Å². The van der Waals surface area contributed by atoms with E-state index < -0.39 is 6.10 Å². The Kier molecular flexibility index (Phi) is 6.98. The largest absolute Gasteiger partial charge is 0.491 e. The number of hydrogen-bond donors (Lipinski definition) is 1. The topological polar surface area (TPSA) is 32.7 Å². The first-order chi connectivity index (χ1) is 13.1. The van der Waals surface area contributed by atoms with Crippen LogP contribution in [0.25, 0.3) is 0 Å². The predicted octanol–water partition coefficient (Wildman–Crippen LogP) is 4.64. The molecule has 3 rings (SSSR count). The van der Waals surface area contributed by atoms with E-state index in [2.05, 4.69) is 16.3 Å². The van der Waals surface area contributed by atoms with E-state index in [-0.39, 0.29) is 12.4 Å². The third-order valence-electron chi connectivity index (χ3n) is 4.30. The number of aliphatic hydroxyl groups excluding tert-OH is 1. The number of benzene rings is 2. The first-order valence-electron chi connectivity index (χ1n) is 8.94. The van der Waals surface area contributed by atoms with E-state index >= 15 is 0 Å². The van der Waals surface area contributed by atoms with Crippen molar-refractivity contribution in [1.29, 1.82) is 0 Å². The van der Waals surface area contributed by atoms with Gasteiger partial charge < -0.3 is 9.84 Å². The third-order valence-corrected chi connectivity index (χ3v) is 5.03. The monoisotopic (exact) mass is 385 g/mol. The van der Waals surface area contributed by atoms with Crippen LogP contribution >= 0.6 is 11.3 Å². The maximum atomic E-state index is 13.2. The smallest absolute Gasteiger partial charge is 0.123 e. The minimum Gasteiger partial charge on any atom is -0.491 e. The summed E-state index contributed by atoms with van der Waals surface area (Å²) in [6.45, 7) is 4.05. The Morgan fingerprint density at radius 2 is 1.78 bits per heavy atom. The molecule has 0 radical (unpaired) electrons. The maximum Gasteiger partial charge on any atom is 0.123 e. The molecule has 3 aromatic rings. The summed E-state index contributed by atoms with van der Waals surface area (Å²) in [5.41, 5.74) is 3.26. The zero-order valence-corrected chi connectivity index (χ0v) is 16.2. The SMILES string of the molecule is Cc1ccccc1OC[C@@H](O)CN(Cc1ccc(F)cc1)Cc1ccsc1. The molecule has 0 aliphatic heterocycles. The summed E-state index contributed by atoms with van der Waals surface area (Å²) < 4.78 is 18.9. The number of aliphatic hydroxyl groups is 1. The van der Waals surface area contributed by atoms with Crippen LogP contribution in [0.5, 0.6) is 5.75 Å². The molecular weight excluding hydrogens is 361 g/mol. The van der Waals surface area contributed by atoms with Gasteiger partial charge in [-0.25, -0.2) is 4.39 Å². The normalized spacial score (nSPS) is 12.3. The first kappa shape index (κ1) is 19.5.